The normalized spacial score (nSPS) is 16.1. The minimum atomic E-state index is -1.05. The first-order chi connectivity index (χ1) is 13.4. The molecule has 8 heteroatoms. The molecule has 0 unspecified atom stereocenters. The Balaban J connectivity index is 1.62. The predicted molar refractivity (Wildman–Crippen MR) is 103 cm³/mol. The molecule has 2 aromatic carbocycles. The van der Waals surface area contributed by atoms with E-state index in [2.05, 4.69) is 5.32 Å². The van der Waals surface area contributed by atoms with E-state index in [9.17, 15) is 9.59 Å². The Hall–Kier alpha value is -2.93. The maximum Gasteiger partial charge on any atom is 0.351 e. The maximum absolute atomic E-state index is 12.4. The third-order valence-corrected chi connectivity index (χ3v) is 4.58. The van der Waals surface area contributed by atoms with Crippen LogP contribution in [-0.4, -0.2) is 37.8 Å². The Labute approximate surface area is 167 Å². The van der Waals surface area contributed by atoms with Gasteiger partial charge in [0.15, 0.2) is 17.6 Å². The molecule has 0 aliphatic carbocycles. The zero-order valence-corrected chi connectivity index (χ0v) is 16.4. The minimum absolute atomic E-state index is 0.00832. The number of hydrogen-bond donors (Lipinski definition) is 1. The zero-order valence-electron chi connectivity index (χ0n) is 15.7. The van der Waals surface area contributed by atoms with Gasteiger partial charge in [0.25, 0.3) is 5.91 Å². The molecule has 1 amide bonds. The molecule has 0 fully saturated rings. The van der Waals surface area contributed by atoms with Gasteiger partial charge in [-0.25, -0.2) is 4.79 Å². The number of fused-ring (bicyclic) bond motifs is 1. The van der Waals surface area contributed by atoms with Gasteiger partial charge in [0, 0.05) is 11.1 Å². The summed E-state index contributed by atoms with van der Waals surface area (Å²) in [7, 11) is 1.47. The van der Waals surface area contributed by atoms with Crippen LogP contribution in [0.4, 0.5) is 5.69 Å². The maximum atomic E-state index is 12.4. The highest BCUT2D eigenvalue weighted by atomic mass is 35.5. The molecule has 7 nitrogen and oxygen atoms in total. The van der Waals surface area contributed by atoms with Crippen molar-refractivity contribution < 1.29 is 28.5 Å². The summed E-state index contributed by atoms with van der Waals surface area (Å²) in [6.45, 7) is 3.29. The highest BCUT2D eigenvalue weighted by Crippen LogP contribution is 2.32. The quantitative estimate of drug-likeness (QED) is 0.768. The molecule has 1 heterocycles. The van der Waals surface area contributed by atoms with Crippen LogP contribution < -0.4 is 19.5 Å². The third-order valence-electron chi connectivity index (χ3n) is 4.17. The average molecular weight is 406 g/mol. The second-order valence-corrected chi connectivity index (χ2v) is 6.64. The van der Waals surface area contributed by atoms with Crippen molar-refractivity contribution in [2.24, 2.45) is 0 Å². The van der Waals surface area contributed by atoms with Crippen LogP contribution in [-0.2, 0) is 14.3 Å². The van der Waals surface area contributed by atoms with E-state index in [1.54, 1.807) is 43.3 Å². The van der Waals surface area contributed by atoms with Crippen molar-refractivity contribution in [3.8, 4) is 17.2 Å². The van der Waals surface area contributed by atoms with Gasteiger partial charge in [-0.2, -0.15) is 0 Å². The lowest BCUT2D eigenvalue weighted by Gasteiger charge is -2.26. The van der Waals surface area contributed by atoms with Crippen LogP contribution in [0.15, 0.2) is 36.4 Å². The summed E-state index contributed by atoms with van der Waals surface area (Å²) in [5.41, 5.74) is 1.21. The van der Waals surface area contributed by atoms with Crippen molar-refractivity contribution >= 4 is 29.2 Å². The van der Waals surface area contributed by atoms with Crippen LogP contribution in [0, 0.1) is 6.92 Å². The number of benzene rings is 2. The monoisotopic (exact) mass is 405 g/mol. The molecule has 3 rings (SSSR count). The van der Waals surface area contributed by atoms with Crippen molar-refractivity contribution in [3.63, 3.8) is 0 Å². The number of methoxy groups -OCH3 is 1. The number of ether oxygens (including phenoxy) is 4. The van der Waals surface area contributed by atoms with Crippen molar-refractivity contribution in [2.45, 2.75) is 26.1 Å². The number of anilines is 1. The number of aryl methyl sites for hydroxylation is 1. The summed E-state index contributed by atoms with van der Waals surface area (Å²) >= 11 is 6.07. The molecule has 1 N–H and O–H groups in total. The number of para-hydroxylation sites is 2. The zero-order chi connectivity index (χ0) is 20.3. The molecule has 0 saturated carbocycles. The molecule has 28 heavy (non-hydrogen) atoms. The molecule has 0 spiro atoms. The van der Waals surface area contributed by atoms with Gasteiger partial charge in [-0.05, 0) is 37.6 Å². The van der Waals surface area contributed by atoms with E-state index in [0.717, 1.165) is 5.56 Å². The highest BCUT2D eigenvalue weighted by Gasteiger charge is 2.31. The largest absolute Gasteiger partial charge is 0.495 e. The minimum Gasteiger partial charge on any atom is -0.495 e. The Morgan fingerprint density at radius 1 is 1.25 bits per heavy atom. The van der Waals surface area contributed by atoms with Crippen LogP contribution in [0.1, 0.15) is 12.5 Å². The summed E-state index contributed by atoms with van der Waals surface area (Å²) in [4.78, 5) is 24.8. The molecule has 1 aliphatic heterocycles. The van der Waals surface area contributed by atoms with Gasteiger partial charge in [-0.3, -0.25) is 4.79 Å². The smallest absolute Gasteiger partial charge is 0.351 e. The van der Waals surface area contributed by atoms with E-state index in [0.29, 0.717) is 28.0 Å². The molecule has 0 saturated heterocycles. The molecule has 0 aromatic heterocycles. The summed E-state index contributed by atoms with van der Waals surface area (Å²) in [5.74, 6) is 0.224. The van der Waals surface area contributed by atoms with E-state index < -0.39 is 24.1 Å². The summed E-state index contributed by atoms with van der Waals surface area (Å²) in [6.07, 6.45) is -1.99. The SMILES string of the molecule is COc1cc(Cl)c(C)cc1NC(=O)[C@H](C)OC(=O)[C@H]1COc2ccccc2O1. The number of carbonyl (C=O) groups excluding carboxylic acids is 2. The number of esters is 1. The van der Waals surface area contributed by atoms with Gasteiger partial charge in [0.2, 0.25) is 6.10 Å². The second-order valence-electron chi connectivity index (χ2n) is 6.23. The van der Waals surface area contributed by atoms with Gasteiger partial charge in [0.05, 0.1) is 12.8 Å². The molecule has 2 atom stereocenters. The Bertz CT molecular complexity index is 900. The van der Waals surface area contributed by atoms with Crippen LogP contribution >= 0.6 is 11.6 Å². The Kier molecular flexibility index (Phi) is 5.94. The van der Waals surface area contributed by atoms with Crippen molar-refractivity contribution in [1.29, 1.82) is 0 Å². The first-order valence-corrected chi connectivity index (χ1v) is 9.01. The van der Waals surface area contributed by atoms with Crippen LogP contribution in [0.5, 0.6) is 17.2 Å². The van der Waals surface area contributed by atoms with Gasteiger partial charge < -0.3 is 24.3 Å². The number of amides is 1. The van der Waals surface area contributed by atoms with E-state index in [1.807, 2.05) is 0 Å². The number of nitrogens with one attached hydrogen (secondary N) is 1. The lowest BCUT2D eigenvalue weighted by atomic mass is 10.2. The number of carbonyl (C=O) groups is 2. The topological polar surface area (TPSA) is 83.1 Å². The lowest BCUT2D eigenvalue weighted by molar-refractivity contribution is -0.162. The van der Waals surface area contributed by atoms with E-state index in [4.69, 9.17) is 30.5 Å². The van der Waals surface area contributed by atoms with Crippen LogP contribution in [0.25, 0.3) is 0 Å². The highest BCUT2D eigenvalue weighted by molar-refractivity contribution is 6.31. The average Bonchev–Trinajstić information content (AvgIpc) is 2.69. The van der Waals surface area contributed by atoms with Gasteiger partial charge in [0.1, 0.15) is 12.4 Å². The first-order valence-electron chi connectivity index (χ1n) is 8.63. The standard InChI is InChI=1S/C20H20ClNO6/c1-11-8-14(17(25-3)9-13(11)21)22-19(23)12(2)27-20(24)18-10-26-15-6-4-5-7-16(15)28-18/h4-9,12,18H,10H2,1-3H3,(H,22,23)/t12-,18+/m0/s1. The van der Waals surface area contributed by atoms with Crippen LogP contribution in [0.3, 0.4) is 0 Å². The van der Waals surface area contributed by atoms with Gasteiger partial charge in [-0.15, -0.1) is 0 Å². The van der Waals surface area contributed by atoms with E-state index >= 15 is 0 Å². The molecule has 0 radical (unpaired) electrons. The van der Waals surface area contributed by atoms with Gasteiger partial charge >= 0.3 is 5.97 Å². The number of hydrogen-bond acceptors (Lipinski definition) is 6. The summed E-state index contributed by atoms with van der Waals surface area (Å²) in [6, 6.07) is 10.3. The lowest BCUT2D eigenvalue weighted by Crippen LogP contribution is -2.41. The third kappa shape index (κ3) is 4.31. The number of rotatable bonds is 5. The molecule has 2 aromatic rings. The fraction of sp³-hybridized carbons (Fsp3) is 0.300. The molecule has 148 valence electrons. The molecule has 1 aliphatic rings. The molecular weight excluding hydrogens is 386 g/mol. The molecule has 0 bridgehead atoms. The second kappa shape index (κ2) is 8.39. The van der Waals surface area contributed by atoms with Crippen LogP contribution in [0.2, 0.25) is 5.02 Å². The summed E-state index contributed by atoms with van der Waals surface area (Å²) < 4.78 is 21.6. The summed E-state index contributed by atoms with van der Waals surface area (Å²) in [5, 5.41) is 3.20. The fourth-order valence-corrected chi connectivity index (χ4v) is 2.76. The predicted octanol–water partition coefficient (Wildman–Crippen LogP) is 3.37. The van der Waals surface area contributed by atoms with Gasteiger partial charge in [-0.1, -0.05) is 23.7 Å². The number of halogens is 1. The van der Waals surface area contributed by atoms with Crippen molar-refractivity contribution in [1.82, 2.24) is 0 Å². The van der Waals surface area contributed by atoms with E-state index in [-0.39, 0.29) is 6.61 Å². The first kappa shape index (κ1) is 19.8. The Morgan fingerprint density at radius 3 is 2.68 bits per heavy atom. The molecular formula is C20H20ClNO6. The van der Waals surface area contributed by atoms with Crippen molar-refractivity contribution in [3.05, 3.63) is 47.0 Å². The van der Waals surface area contributed by atoms with E-state index in [1.165, 1.54) is 14.0 Å². The Morgan fingerprint density at radius 2 is 1.96 bits per heavy atom. The fourth-order valence-electron chi connectivity index (χ4n) is 2.60. The van der Waals surface area contributed by atoms with Crippen molar-refractivity contribution in [2.75, 3.05) is 19.0 Å².